The van der Waals surface area contributed by atoms with Crippen LogP contribution >= 0.6 is 15.9 Å². The first-order chi connectivity index (χ1) is 9.40. The standard InChI is InChI=1S/C15H21BrF2N2/c1-4-11-8-19-15(3,5-2)9-20(11)14-12(17)6-10(16)7-13(14)18/h6-7,11,19H,4-5,8-9H2,1-3H3. The maximum absolute atomic E-state index is 14.2. The van der Waals surface area contributed by atoms with E-state index in [0.29, 0.717) is 11.0 Å². The molecule has 1 aliphatic heterocycles. The molecule has 1 N–H and O–H groups in total. The third-order valence-electron chi connectivity index (χ3n) is 4.25. The molecule has 0 saturated carbocycles. The van der Waals surface area contributed by atoms with Gasteiger partial charge in [-0.3, -0.25) is 0 Å². The summed E-state index contributed by atoms with van der Waals surface area (Å²) in [4.78, 5) is 1.89. The molecule has 0 amide bonds. The molecule has 5 heteroatoms. The van der Waals surface area contributed by atoms with Crippen molar-refractivity contribution in [3.63, 3.8) is 0 Å². The van der Waals surface area contributed by atoms with Gasteiger partial charge in [0.25, 0.3) is 0 Å². The molecule has 0 radical (unpaired) electrons. The number of hydrogen-bond donors (Lipinski definition) is 1. The Balaban J connectivity index is 2.42. The van der Waals surface area contributed by atoms with Crippen LogP contribution in [-0.4, -0.2) is 24.7 Å². The van der Waals surface area contributed by atoms with E-state index in [-0.39, 0.29) is 17.3 Å². The van der Waals surface area contributed by atoms with Crippen molar-refractivity contribution in [2.24, 2.45) is 0 Å². The van der Waals surface area contributed by atoms with Gasteiger partial charge in [-0.05, 0) is 31.9 Å². The number of nitrogens with zero attached hydrogens (tertiary/aromatic N) is 1. The molecule has 1 aliphatic rings. The highest BCUT2D eigenvalue weighted by molar-refractivity contribution is 9.10. The maximum atomic E-state index is 14.2. The van der Waals surface area contributed by atoms with Crippen LogP contribution in [0.4, 0.5) is 14.5 Å². The summed E-state index contributed by atoms with van der Waals surface area (Å²) in [5.74, 6) is -1.01. The van der Waals surface area contributed by atoms with Crippen molar-refractivity contribution in [3.8, 4) is 0 Å². The van der Waals surface area contributed by atoms with Gasteiger partial charge < -0.3 is 10.2 Å². The third kappa shape index (κ3) is 2.98. The van der Waals surface area contributed by atoms with E-state index in [1.807, 2.05) is 11.8 Å². The molecule has 1 aromatic carbocycles. The smallest absolute Gasteiger partial charge is 0.150 e. The second-order valence-corrected chi connectivity index (χ2v) is 6.62. The summed E-state index contributed by atoms with van der Waals surface area (Å²) >= 11 is 3.13. The first-order valence-corrected chi connectivity index (χ1v) is 7.85. The Morgan fingerprint density at radius 1 is 1.35 bits per heavy atom. The van der Waals surface area contributed by atoms with Crippen molar-refractivity contribution in [2.75, 3.05) is 18.0 Å². The number of nitrogens with one attached hydrogen (secondary N) is 1. The predicted molar refractivity (Wildman–Crippen MR) is 82.2 cm³/mol. The van der Waals surface area contributed by atoms with Crippen LogP contribution < -0.4 is 10.2 Å². The highest BCUT2D eigenvalue weighted by Crippen LogP contribution is 2.32. The van der Waals surface area contributed by atoms with Gasteiger partial charge in [0.2, 0.25) is 0 Å². The molecule has 112 valence electrons. The normalized spacial score (nSPS) is 26.9. The Bertz CT molecular complexity index is 472. The summed E-state index contributed by atoms with van der Waals surface area (Å²) < 4.78 is 28.9. The molecule has 2 unspecified atom stereocenters. The Hall–Kier alpha value is -0.680. The summed E-state index contributed by atoms with van der Waals surface area (Å²) in [7, 11) is 0. The average Bonchev–Trinajstić information content (AvgIpc) is 2.38. The van der Waals surface area contributed by atoms with Crippen LogP contribution in [-0.2, 0) is 0 Å². The molecule has 1 saturated heterocycles. The van der Waals surface area contributed by atoms with Crippen molar-refractivity contribution in [2.45, 2.75) is 45.2 Å². The van der Waals surface area contributed by atoms with E-state index in [1.54, 1.807) is 0 Å². The van der Waals surface area contributed by atoms with Gasteiger partial charge in [0.1, 0.15) is 5.69 Å². The molecule has 0 aliphatic carbocycles. The van der Waals surface area contributed by atoms with E-state index in [1.165, 1.54) is 12.1 Å². The van der Waals surface area contributed by atoms with Crippen LogP contribution in [0, 0.1) is 11.6 Å². The second kappa shape index (κ2) is 5.98. The molecule has 2 nitrogen and oxygen atoms in total. The molecule has 0 bridgehead atoms. The van der Waals surface area contributed by atoms with E-state index >= 15 is 0 Å². The van der Waals surface area contributed by atoms with E-state index in [4.69, 9.17) is 0 Å². The van der Waals surface area contributed by atoms with E-state index < -0.39 is 11.6 Å². The largest absolute Gasteiger partial charge is 0.361 e. The summed E-state index contributed by atoms with van der Waals surface area (Å²) in [5, 5.41) is 3.50. The van der Waals surface area contributed by atoms with E-state index in [9.17, 15) is 8.78 Å². The molecule has 0 aromatic heterocycles. The minimum absolute atomic E-state index is 0.0984. The van der Waals surface area contributed by atoms with Crippen molar-refractivity contribution in [1.29, 1.82) is 0 Å². The summed E-state index contributed by atoms with van der Waals surface area (Å²) in [6, 6.07) is 2.77. The van der Waals surface area contributed by atoms with Gasteiger partial charge in [0, 0.05) is 29.1 Å². The Morgan fingerprint density at radius 2 is 1.95 bits per heavy atom. The van der Waals surface area contributed by atoms with Gasteiger partial charge in [-0.25, -0.2) is 8.78 Å². The van der Waals surface area contributed by atoms with Gasteiger partial charge in [-0.2, -0.15) is 0 Å². The van der Waals surface area contributed by atoms with Gasteiger partial charge >= 0.3 is 0 Å². The van der Waals surface area contributed by atoms with E-state index in [0.717, 1.165) is 19.4 Å². The highest BCUT2D eigenvalue weighted by atomic mass is 79.9. The molecule has 0 spiro atoms. The first kappa shape index (κ1) is 15.7. The van der Waals surface area contributed by atoms with Gasteiger partial charge in [0.15, 0.2) is 11.6 Å². The fourth-order valence-corrected chi connectivity index (χ4v) is 3.11. The summed E-state index contributed by atoms with van der Waals surface area (Å²) in [6.07, 6.45) is 1.77. The van der Waals surface area contributed by atoms with Crippen molar-refractivity contribution in [3.05, 3.63) is 28.2 Å². The first-order valence-electron chi connectivity index (χ1n) is 7.06. The van der Waals surface area contributed by atoms with Gasteiger partial charge in [0.05, 0.1) is 0 Å². The lowest BCUT2D eigenvalue weighted by atomic mass is 9.92. The zero-order chi connectivity index (χ0) is 14.9. The molecule has 20 heavy (non-hydrogen) atoms. The Morgan fingerprint density at radius 3 is 2.45 bits per heavy atom. The number of anilines is 1. The Labute approximate surface area is 127 Å². The zero-order valence-electron chi connectivity index (χ0n) is 12.1. The molecule has 2 rings (SSSR count). The molecule has 1 heterocycles. The number of piperazine rings is 1. The SMILES string of the molecule is CCC1CNC(C)(CC)CN1c1c(F)cc(Br)cc1F. The van der Waals surface area contributed by atoms with Crippen molar-refractivity contribution >= 4 is 21.6 Å². The number of halogens is 3. The molecular weight excluding hydrogens is 326 g/mol. The zero-order valence-corrected chi connectivity index (χ0v) is 13.7. The lowest BCUT2D eigenvalue weighted by Crippen LogP contribution is -2.63. The minimum atomic E-state index is -0.504. The lowest BCUT2D eigenvalue weighted by Gasteiger charge is -2.47. The van der Waals surface area contributed by atoms with Gasteiger partial charge in [-0.1, -0.05) is 29.8 Å². The number of rotatable bonds is 3. The van der Waals surface area contributed by atoms with Crippen LogP contribution in [0.2, 0.25) is 0 Å². The molecule has 1 fully saturated rings. The summed E-state index contributed by atoms with van der Waals surface area (Å²) in [6.45, 7) is 7.59. The fourth-order valence-electron chi connectivity index (χ4n) is 2.71. The number of benzene rings is 1. The van der Waals surface area contributed by atoms with Gasteiger partial charge in [-0.15, -0.1) is 0 Å². The third-order valence-corrected chi connectivity index (χ3v) is 4.70. The van der Waals surface area contributed by atoms with Crippen molar-refractivity contribution in [1.82, 2.24) is 5.32 Å². The monoisotopic (exact) mass is 346 g/mol. The number of hydrogen-bond acceptors (Lipinski definition) is 2. The van der Waals surface area contributed by atoms with E-state index in [2.05, 4.69) is 35.1 Å². The average molecular weight is 347 g/mol. The second-order valence-electron chi connectivity index (χ2n) is 5.70. The summed E-state index contributed by atoms with van der Waals surface area (Å²) in [5.41, 5.74) is -0.0151. The quantitative estimate of drug-likeness (QED) is 0.886. The van der Waals surface area contributed by atoms with Crippen molar-refractivity contribution < 1.29 is 8.78 Å². The van der Waals surface area contributed by atoms with Crippen LogP contribution in [0.25, 0.3) is 0 Å². The maximum Gasteiger partial charge on any atom is 0.150 e. The fraction of sp³-hybridized carbons (Fsp3) is 0.600. The Kier molecular flexibility index (Phi) is 4.69. The van der Waals surface area contributed by atoms with Crippen LogP contribution in [0.15, 0.2) is 16.6 Å². The minimum Gasteiger partial charge on any atom is -0.361 e. The topological polar surface area (TPSA) is 15.3 Å². The van der Waals surface area contributed by atoms with Crippen LogP contribution in [0.1, 0.15) is 33.6 Å². The molecule has 1 aromatic rings. The lowest BCUT2D eigenvalue weighted by molar-refractivity contribution is 0.273. The molecular formula is C15H21BrF2N2. The predicted octanol–water partition coefficient (Wildman–Crippen LogP) is 4.08. The molecule has 2 atom stereocenters. The van der Waals surface area contributed by atoms with Crippen LogP contribution in [0.3, 0.4) is 0 Å². The van der Waals surface area contributed by atoms with Crippen LogP contribution in [0.5, 0.6) is 0 Å². The highest BCUT2D eigenvalue weighted by Gasteiger charge is 2.36.